The summed E-state index contributed by atoms with van der Waals surface area (Å²) in [6.07, 6.45) is -0.973. The number of hydrogen-bond acceptors (Lipinski definition) is 3. The van der Waals surface area contributed by atoms with Crippen LogP contribution in [-0.4, -0.2) is 22.8 Å². The third-order valence-corrected chi connectivity index (χ3v) is 3.85. The van der Waals surface area contributed by atoms with Crippen LogP contribution in [0.4, 0.5) is 4.39 Å². The lowest BCUT2D eigenvalue weighted by Crippen LogP contribution is -2.25. The zero-order valence-electron chi connectivity index (χ0n) is 13.3. The molecule has 0 spiro atoms. The predicted molar refractivity (Wildman–Crippen MR) is 88.6 cm³/mol. The van der Waals surface area contributed by atoms with E-state index in [1.165, 1.54) is 25.1 Å². The van der Waals surface area contributed by atoms with Crippen molar-refractivity contribution in [2.75, 3.05) is 0 Å². The van der Waals surface area contributed by atoms with Crippen molar-refractivity contribution in [3.63, 3.8) is 0 Å². The van der Waals surface area contributed by atoms with Gasteiger partial charge in [0.05, 0.1) is 5.56 Å². The number of ketones is 1. The Morgan fingerprint density at radius 3 is 2.62 bits per heavy atom. The highest BCUT2D eigenvalue weighted by Gasteiger charge is 2.24. The van der Waals surface area contributed by atoms with Crippen molar-refractivity contribution in [2.45, 2.75) is 20.0 Å². The van der Waals surface area contributed by atoms with Crippen LogP contribution in [-0.2, 0) is 4.74 Å². The predicted octanol–water partition coefficient (Wildman–Crippen LogP) is 4.04. The van der Waals surface area contributed by atoms with E-state index >= 15 is 0 Å². The highest BCUT2D eigenvalue weighted by atomic mass is 19.1. The number of halogens is 1. The molecule has 3 aromatic rings. The Morgan fingerprint density at radius 1 is 1.12 bits per heavy atom. The molecule has 1 aromatic heterocycles. The van der Waals surface area contributed by atoms with E-state index in [1.54, 1.807) is 6.92 Å². The fourth-order valence-electron chi connectivity index (χ4n) is 2.69. The minimum Gasteiger partial charge on any atom is -0.451 e. The fraction of sp³-hybridized carbons (Fsp3) is 0.158. The Morgan fingerprint density at radius 2 is 1.88 bits per heavy atom. The van der Waals surface area contributed by atoms with E-state index in [9.17, 15) is 14.0 Å². The molecule has 24 heavy (non-hydrogen) atoms. The summed E-state index contributed by atoms with van der Waals surface area (Å²) in [6.45, 7) is 3.31. The second kappa shape index (κ2) is 6.28. The molecule has 0 aliphatic rings. The SMILES string of the molecule is Cc1[nH]c2ccccc2c1C(=O)[C@H](C)OC(=O)c1cccc(F)c1. The number of fused-ring (bicyclic) bond motifs is 1. The maximum Gasteiger partial charge on any atom is 0.338 e. The van der Waals surface area contributed by atoms with Gasteiger partial charge in [0, 0.05) is 22.2 Å². The first-order valence-electron chi connectivity index (χ1n) is 7.55. The molecule has 0 amide bonds. The Kier molecular flexibility index (Phi) is 4.16. The smallest absolute Gasteiger partial charge is 0.338 e. The average Bonchev–Trinajstić information content (AvgIpc) is 2.89. The molecular formula is C19H16FNO3. The van der Waals surface area contributed by atoms with Gasteiger partial charge < -0.3 is 9.72 Å². The van der Waals surface area contributed by atoms with Gasteiger partial charge in [0.15, 0.2) is 6.10 Å². The number of para-hydroxylation sites is 1. The lowest BCUT2D eigenvalue weighted by molar-refractivity contribution is 0.0318. The van der Waals surface area contributed by atoms with Crippen molar-refractivity contribution in [1.82, 2.24) is 4.98 Å². The molecule has 0 aliphatic carbocycles. The second-order valence-electron chi connectivity index (χ2n) is 5.59. The van der Waals surface area contributed by atoms with Crippen molar-refractivity contribution in [3.8, 4) is 0 Å². The normalized spacial score (nSPS) is 12.1. The van der Waals surface area contributed by atoms with E-state index in [2.05, 4.69) is 4.98 Å². The van der Waals surface area contributed by atoms with E-state index in [0.717, 1.165) is 22.7 Å². The van der Waals surface area contributed by atoms with Gasteiger partial charge in [-0.2, -0.15) is 0 Å². The van der Waals surface area contributed by atoms with Gasteiger partial charge in [-0.1, -0.05) is 24.3 Å². The largest absolute Gasteiger partial charge is 0.451 e. The maximum atomic E-state index is 13.2. The van der Waals surface area contributed by atoms with Crippen molar-refractivity contribution >= 4 is 22.7 Å². The van der Waals surface area contributed by atoms with Crippen LogP contribution in [0.1, 0.15) is 33.3 Å². The summed E-state index contributed by atoms with van der Waals surface area (Å²) < 4.78 is 18.4. The average molecular weight is 325 g/mol. The van der Waals surface area contributed by atoms with Crippen LogP contribution in [0.3, 0.4) is 0 Å². The van der Waals surface area contributed by atoms with Gasteiger partial charge in [-0.3, -0.25) is 4.79 Å². The molecule has 1 heterocycles. The van der Waals surface area contributed by atoms with Gasteiger partial charge in [-0.25, -0.2) is 9.18 Å². The minimum atomic E-state index is -0.973. The summed E-state index contributed by atoms with van der Waals surface area (Å²) in [4.78, 5) is 27.9. The molecule has 1 N–H and O–H groups in total. The first kappa shape index (κ1) is 15.9. The summed E-state index contributed by atoms with van der Waals surface area (Å²) in [5, 5.41) is 0.786. The zero-order chi connectivity index (χ0) is 17.3. The Hall–Kier alpha value is -2.95. The lowest BCUT2D eigenvalue weighted by Gasteiger charge is -2.12. The van der Waals surface area contributed by atoms with Gasteiger partial charge in [0.1, 0.15) is 5.82 Å². The number of aromatic nitrogens is 1. The molecule has 0 saturated heterocycles. The van der Waals surface area contributed by atoms with Gasteiger partial charge in [0.2, 0.25) is 5.78 Å². The Bertz CT molecular complexity index is 929. The van der Waals surface area contributed by atoms with Crippen LogP contribution in [0.15, 0.2) is 48.5 Å². The topological polar surface area (TPSA) is 59.2 Å². The summed E-state index contributed by atoms with van der Waals surface area (Å²) in [5.41, 5.74) is 2.15. The second-order valence-corrected chi connectivity index (χ2v) is 5.59. The first-order chi connectivity index (χ1) is 11.5. The molecule has 0 unspecified atom stereocenters. The third kappa shape index (κ3) is 2.93. The molecule has 2 aromatic carbocycles. The summed E-state index contributed by atoms with van der Waals surface area (Å²) in [6, 6.07) is 12.6. The van der Waals surface area contributed by atoms with Crippen molar-refractivity contribution in [3.05, 3.63) is 71.2 Å². The molecule has 4 nitrogen and oxygen atoms in total. The fourth-order valence-corrected chi connectivity index (χ4v) is 2.69. The van der Waals surface area contributed by atoms with Crippen molar-refractivity contribution in [1.29, 1.82) is 0 Å². The molecule has 0 saturated carbocycles. The Labute approximate surface area is 138 Å². The van der Waals surface area contributed by atoms with Crippen LogP contribution in [0.25, 0.3) is 10.9 Å². The summed E-state index contributed by atoms with van der Waals surface area (Å²) in [7, 11) is 0. The first-order valence-corrected chi connectivity index (χ1v) is 7.55. The number of Topliss-reactive ketones (excluding diaryl/α,β-unsaturated/α-hetero) is 1. The molecule has 5 heteroatoms. The van der Waals surface area contributed by atoms with Crippen LogP contribution >= 0.6 is 0 Å². The molecule has 0 radical (unpaired) electrons. The number of benzene rings is 2. The molecule has 3 rings (SSSR count). The number of hydrogen-bond donors (Lipinski definition) is 1. The lowest BCUT2D eigenvalue weighted by atomic mass is 10.0. The molecule has 122 valence electrons. The standard InChI is InChI=1S/C19H16FNO3/c1-11-17(15-8-3-4-9-16(15)21-11)18(22)12(2)24-19(23)13-6-5-7-14(20)10-13/h3-10,12,21H,1-2H3/t12-/m0/s1. The van der Waals surface area contributed by atoms with E-state index < -0.39 is 17.9 Å². The highest BCUT2D eigenvalue weighted by Crippen LogP contribution is 2.24. The highest BCUT2D eigenvalue weighted by molar-refractivity contribution is 6.11. The number of esters is 1. The molecule has 0 bridgehead atoms. The summed E-state index contributed by atoms with van der Waals surface area (Å²) in [5.74, 6) is -1.56. The Balaban J connectivity index is 1.84. The van der Waals surface area contributed by atoms with Gasteiger partial charge in [0.25, 0.3) is 0 Å². The van der Waals surface area contributed by atoms with Crippen molar-refractivity contribution in [2.24, 2.45) is 0 Å². The molecular weight excluding hydrogens is 309 g/mol. The van der Waals surface area contributed by atoms with Crippen LogP contribution in [0.2, 0.25) is 0 Å². The van der Waals surface area contributed by atoms with Crippen LogP contribution in [0, 0.1) is 12.7 Å². The van der Waals surface area contributed by atoms with Crippen LogP contribution < -0.4 is 0 Å². The van der Waals surface area contributed by atoms with E-state index in [1.807, 2.05) is 24.3 Å². The number of H-pyrrole nitrogens is 1. The van der Waals surface area contributed by atoms with Gasteiger partial charge in [-0.15, -0.1) is 0 Å². The monoisotopic (exact) mass is 325 g/mol. The quantitative estimate of drug-likeness (QED) is 0.582. The molecule has 1 atom stereocenters. The summed E-state index contributed by atoms with van der Waals surface area (Å²) >= 11 is 0. The number of carbonyl (C=O) groups excluding carboxylic acids is 2. The number of ether oxygens (including phenoxy) is 1. The third-order valence-electron chi connectivity index (χ3n) is 3.85. The molecule has 0 fully saturated rings. The zero-order valence-corrected chi connectivity index (χ0v) is 13.3. The van der Waals surface area contributed by atoms with Gasteiger partial charge in [-0.05, 0) is 38.1 Å². The molecule has 0 aliphatic heterocycles. The number of rotatable bonds is 4. The maximum absolute atomic E-state index is 13.2. The minimum absolute atomic E-state index is 0.0744. The van der Waals surface area contributed by atoms with E-state index in [4.69, 9.17) is 4.74 Å². The number of aryl methyl sites for hydroxylation is 1. The number of nitrogens with one attached hydrogen (secondary N) is 1. The van der Waals surface area contributed by atoms with Crippen molar-refractivity contribution < 1.29 is 18.7 Å². The van der Waals surface area contributed by atoms with E-state index in [0.29, 0.717) is 5.56 Å². The number of carbonyl (C=O) groups is 2. The van der Waals surface area contributed by atoms with Gasteiger partial charge >= 0.3 is 5.97 Å². The number of aromatic amines is 1. The van der Waals surface area contributed by atoms with E-state index in [-0.39, 0.29) is 11.3 Å². The van der Waals surface area contributed by atoms with Crippen LogP contribution in [0.5, 0.6) is 0 Å².